The average molecular weight is 383 g/mol. The van der Waals surface area contributed by atoms with E-state index in [4.69, 9.17) is 4.99 Å². The maximum Gasteiger partial charge on any atom is 0.248 e. The summed E-state index contributed by atoms with van der Waals surface area (Å²) in [5.74, 6) is 0.290. The highest BCUT2D eigenvalue weighted by atomic mass is 16.1. The highest BCUT2D eigenvalue weighted by Gasteiger charge is 2.46. The van der Waals surface area contributed by atoms with E-state index < -0.39 is 5.54 Å². The minimum absolute atomic E-state index is 0.0449. The molecule has 0 aliphatic heterocycles. The molecule has 2 aromatic rings. The highest BCUT2D eigenvalue weighted by Crippen LogP contribution is 2.51. The van der Waals surface area contributed by atoms with Crippen molar-refractivity contribution in [1.82, 2.24) is 4.98 Å². The third-order valence-corrected chi connectivity index (χ3v) is 5.77. The number of rotatable bonds is 4. The normalized spacial score (nSPS) is 25.1. The number of allylic oxidation sites excluding steroid dienone is 5. The molecule has 0 amide bonds. The lowest BCUT2D eigenvalue weighted by Gasteiger charge is -2.45. The van der Waals surface area contributed by atoms with Gasteiger partial charge in [-0.1, -0.05) is 66.3 Å². The van der Waals surface area contributed by atoms with Gasteiger partial charge < -0.3 is 4.98 Å². The Morgan fingerprint density at radius 1 is 1.10 bits per heavy atom. The van der Waals surface area contributed by atoms with E-state index in [2.05, 4.69) is 49.2 Å². The van der Waals surface area contributed by atoms with E-state index in [0.29, 0.717) is 5.92 Å². The maximum atomic E-state index is 11.9. The van der Waals surface area contributed by atoms with Crippen molar-refractivity contribution in [1.29, 1.82) is 0 Å². The number of aromatic nitrogens is 1. The van der Waals surface area contributed by atoms with Crippen molar-refractivity contribution >= 4 is 12.3 Å². The van der Waals surface area contributed by atoms with E-state index in [9.17, 15) is 4.79 Å². The van der Waals surface area contributed by atoms with Gasteiger partial charge >= 0.3 is 0 Å². The Morgan fingerprint density at radius 3 is 2.72 bits per heavy atom. The summed E-state index contributed by atoms with van der Waals surface area (Å²) in [6.07, 6.45) is 16.2. The third kappa shape index (κ3) is 3.73. The molecule has 1 heterocycles. The second kappa shape index (κ2) is 8.04. The largest absolute Gasteiger partial charge is 0.326 e. The van der Waals surface area contributed by atoms with E-state index in [1.807, 2.05) is 48.7 Å². The van der Waals surface area contributed by atoms with Crippen LogP contribution in [0.25, 0.3) is 6.08 Å². The fourth-order valence-electron chi connectivity index (χ4n) is 4.67. The van der Waals surface area contributed by atoms with Crippen LogP contribution < -0.4 is 5.56 Å². The summed E-state index contributed by atoms with van der Waals surface area (Å²) in [6.45, 7) is 4.27. The molecule has 0 unspecified atom stereocenters. The molecule has 0 spiro atoms. The van der Waals surface area contributed by atoms with Gasteiger partial charge in [-0.3, -0.25) is 9.79 Å². The molecule has 1 aromatic carbocycles. The maximum absolute atomic E-state index is 11.9. The molecule has 2 bridgehead atoms. The van der Waals surface area contributed by atoms with Crippen molar-refractivity contribution in [2.75, 3.05) is 0 Å². The van der Waals surface area contributed by atoms with Gasteiger partial charge in [0.25, 0.3) is 0 Å². The Balaban J connectivity index is 1.67. The van der Waals surface area contributed by atoms with E-state index >= 15 is 0 Å². The van der Waals surface area contributed by atoms with Crippen molar-refractivity contribution in [3.05, 3.63) is 111 Å². The van der Waals surface area contributed by atoms with Gasteiger partial charge in [0.15, 0.2) is 0 Å². The van der Waals surface area contributed by atoms with Gasteiger partial charge in [-0.15, -0.1) is 0 Å². The Kier molecular flexibility index (Phi) is 5.30. The molecule has 2 aliphatic carbocycles. The first-order chi connectivity index (χ1) is 14.1. The van der Waals surface area contributed by atoms with Crippen LogP contribution in [0.1, 0.15) is 37.1 Å². The SMILES string of the molecule is C/C=C1\[C@H]2C=C(C)C[C@]1(N=C/C=C/C=C/c1ccccc1)c1ccc(=O)[nH]c1C2. The molecule has 1 N–H and O–H groups in total. The number of pyridine rings is 1. The van der Waals surface area contributed by atoms with Gasteiger partial charge in [-0.05, 0) is 43.5 Å². The summed E-state index contributed by atoms with van der Waals surface area (Å²) in [4.78, 5) is 20.0. The lowest BCUT2D eigenvalue weighted by molar-refractivity contribution is 0.413. The first-order valence-corrected chi connectivity index (χ1v) is 10.1. The Hall–Kier alpha value is -3.20. The minimum Gasteiger partial charge on any atom is -0.326 e. The first-order valence-electron chi connectivity index (χ1n) is 10.1. The number of hydrogen-bond acceptors (Lipinski definition) is 2. The molecule has 0 saturated heterocycles. The number of aromatic amines is 1. The van der Waals surface area contributed by atoms with E-state index in [0.717, 1.165) is 24.1 Å². The smallest absolute Gasteiger partial charge is 0.248 e. The lowest BCUT2D eigenvalue weighted by Crippen LogP contribution is -2.40. The monoisotopic (exact) mass is 382 g/mol. The zero-order valence-electron chi connectivity index (χ0n) is 16.9. The second-order valence-electron chi connectivity index (χ2n) is 7.75. The fraction of sp³-hybridized carbons (Fsp3) is 0.231. The summed E-state index contributed by atoms with van der Waals surface area (Å²) in [5.41, 5.74) is 5.51. The summed E-state index contributed by atoms with van der Waals surface area (Å²) in [7, 11) is 0. The molecule has 0 saturated carbocycles. The minimum atomic E-state index is -0.427. The van der Waals surface area contributed by atoms with Crippen molar-refractivity contribution in [2.24, 2.45) is 10.9 Å². The van der Waals surface area contributed by atoms with E-state index in [1.165, 1.54) is 16.7 Å². The van der Waals surface area contributed by atoms with Crippen LogP contribution in [0.2, 0.25) is 0 Å². The molecule has 0 fully saturated rings. The predicted molar refractivity (Wildman–Crippen MR) is 121 cm³/mol. The summed E-state index contributed by atoms with van der Waals surface area (Å²) in [6, 6.07) is 13.8. The van der Waals surface area contributed by atoms with E-state index in [1.54, 1.807) is 6.07 Å². The Bertz CT molecular complexity index is 1100. The van der Waals surface area contributed by atoms with Crippen LogP contribution in [0.5, 0.6) is 0 Å². The van der Waals surface area contributed by atoms with Gasteiger partial charge in [-0.25, -0.2) is 0 Å². The summed E-state index contributed by atoms with van der Waals surface area (Å²) < 4.78 is 0. The number of nitrogens with zero attached hydrogens (tertiary/aromatic N) is 1. The number of hydrogen-bond donors (Lipinski definition) is 1. The van der Waals surface area contributed by atoms with Gasteiger partial charge in [0.2, 0.25) is 5.56 Å². The predicted octanol–water partition coefficient (Wildman–Crippen LogP) is 5.38. The van der Waals surface area contributed by atoms with Crippen molar-refractivity contribution in [2.45, 2.75) is 32.2 Å². The zero-order chi connectivity index (χ0) is 20.3. The standard InChI is InChI=1S/C26H26N2O/c1-3-22-21-16-19(2)18-26(22,23-13-14-25(29)28-24(23)17-21)27-15-9-5-8-12-20-10-6-4-7-11-20/h3-16,21H,17-18H2,1-2H3,(H,28,29)/b9-5+,12-8+,22-3+,27-15?/t21-,26+/m0/s1. The zero-order valence-corrected chi connectivity index (χ0v) is 16.9. The number of fused-ring (bicyclic) bond motifs is 4. The molecular weight excluding hydrogens is 356 g/mol. The quantitative estimate of drug-likeness (QED) is 0.431. The first kappa shape index (κ1) is 19.1. The molecule has 3 nitrogen and oxygen atoms in total. The fourth-order valence-corrected chi connectivity index (χ4v) is 4.67. The highest BCUT2D eigenvalue weighted by molar-refractivity contribution is 5.74. The molecule has 29 heavy (non-hydrogen) atoms. The summed E-state index contributed by atoms with van der Waals surface area (Å²) >= 11 is 0. The van der Waals surface area contributed by atoms with Crippen LogP contribution in [-0.4, -0.2) is 11.2 Å². The molecule has 2 aliphatic rings. The lowest BCUT2D eigenvalue weighted by atomic mass is 9.63. The van der Waals surface area contributed by atoms with Crippen LogP contribution in [-0.2, 0) is 12.0 Å². The van der Waals surface area contributed by atoms with Crippen LogP contribution in [0.15, 0.2) is 93.8 Å². The van der Waals surface area contributed by atoms with Gasteiger partial charge in [0.05, 0.1) is 0 Å². The molecule has 0 radical (unpaired) electrons. The summed E-state index contributed by atoms with van der Waals surface area (Å²) in [5, 5.41) is 0. The van der Waals surface area contributed by atoms with Crippen LogP contribution in [0, 0.1) is 5.92 Å². The number of benzene rings is 1. The van der Waals surface area contributed by atoms with Gasteiger partial charge in [0.1, 0.15) is 5.54 Å². The van der Waals surface area contributed by atoms with Crippen molar-refractivity contribution < 1.29 is 0 Å². The Labute approximate surface area is 171 Å². The van der Waals surface area contributed by atoms with E-state index in [-0.39, 0.29) is 5.56 Å². The van der Waals surface area contributed by atoms with Crippen LogP contribution in [0.3, 0.4) is 0 Å². The average Bonchev–Trinajstić information content (AvgIpc) is 2.70. The van der Waals surface area contributed by atoms with Crippen molar-refractivity contribution in [3.63, 3.8) is 0 Å². The number of H-pyrrole nitrogens is 1. The van der Waals surface area contributed by atoms with Crippen LogP contribution >= 0.6 is 0 Å². The third-order valence-electron chi connectivity index (χ3n) is 5.77. The number of aliphatic imine (C=N–C) groups is 1. The topological polar surface area (TPSA) is 45.2 Å². The van der Waals surface area contributed by atoms with Crippen LogP contribution in [0.4, 0.5) is 0 Å². The molecule has 1 aromatic heterocycles. The van der Waals surface area contributed by atoms with Gasteiger partial charge in [-0.2, -0.15) is 0 Å². The molecule has 4 rings (SSSR count). The number of nitrogens with one attached hydrogen (secondary N) is 1. The molecular formula is C26H26N2O. The molecule has 2 atom stereocenters. The molecule has 146 valence electrons. The molecule has 3 heteroatoms. The van der Waals surface area contributed by atoms with Gasteiger partial charge in [0, 0.05) is 35.9 Å². The van der Waals surface area contributed by atoms with Crippen molar-refractivity contribution in [3.8, 4) is 0 Å². The Morgan fingerprint density at radius 2 is 1.93 bits per heavy atom. The second-order valence-corrected chi connectivity index (χ2v) is 7.75.